The fourth-order valence-corrected chi connectivity index (χ4v) is 9.03. The van der Waals surface area contributed by atoms with Crippen molar-refractivity contribution in [1.29, 1.82) is 0 Å². The zero-order valence-electron chi connectivity index (χ0n) is 28.1. The number of benzene rings is 8. The molecule has 0 aliphatic heterocycles. The molecule has 1 heteroatoms. The van der Waals surface area contributed by atoms with Gasteiger partial charge in [-0.2, -0.15) is 0 Å². The fourth-order valence-electron chi connectivity index (χ4n) is 9.03. The van der Waals surface area contributed by atoms with E-state index in [1.165, 1.54) is 99.8 Å². The minimum Gasteiger partial charge on any atom is -0.309 e. The van der Waals surface area contributed by atoms with Crippen LogP contribution in [-0.4, -0.2) is 4.57 Å². The molecule has 0 fully saturated rings. The Balaban J connectivity index is 1.00. The van der Waals surface area contributed by atoms with Crippen molar-refractivity contribution < 1.29 is 0 Å². The van der Waals surface area contributed by atoms with Gasteiger partial charge in [0.25, 0.3) is 0 Å². The van der Waals surface area contributed by atoms with Crippen LogP contribution in [-0.2, 0) is 6.42 Å². The molecule has 2 aliphatic rings. The van der Waals surface area contributed by atoms with Crippen LogP contribution in [0.2, 0.25) is 0 Å². The summed E-state index contributed by atoms with van der Waals surface area (Å²) in [7, 11) is 0. The molecule has 9 aromatic rings. The Hall–Kier alpha value is -6.44. The van der Waals surface area contributed by atoms with E-state index in [0.717, 1.165) is 6.42 Å². The first kappa shape index (κ1) is 28.4. The maximum absolute atomic E-state index is 2.46. The maximum Gasteiger partial charge on any atom is 0.0541 e. The van der Waals surface area contributed by atoms with E-state index in [4.69, 9.17) is 0 Å². The van der Waals surface area contributed by atoms with E-state index in [2.05, 4.69) is 187 Å². The lowest BCUT2D eigenvalue weighted by Gasteiger charge is -2.15. The molecule has 238 valence electrons. The summed E-state index contributed by atoms with van der Waals surface area (Å²) < 4.78 is 2.37. The third-order valence-electron chi connectivity index (χ3n) is 11.3. The average molecular weight is 648 g/mol. The van der Waals surface area contributed by atoms with Crippen LogP contribution in [0, 0.1) is 0 Å². The summed E-state index contributed by atoms with van der Waals surface area (Å²) in [6, 6.07) is 67.4. The van der Waals surface area contributed by atoms with Crippen LogP contribution < -0.4 is 0 Å². The lowest BCUT2D eigenvalue weighted by atomic mass is 9.88. The molecule has 0 amide bonds. The van der Waals surface area contributed by atoms with Gasteiger partial charge in [0, 0.05) is 22.4 Å². The molecule has 1 nitrogen and oxygen atoms in total. The predicted octanol–water partition coefficient (Wildman–Crippen LogP) is 12.8. The molecule has 0 saturated heterocycles. The van der Waals surface area contributed by atoms with Crippen molar-refractivity contribution in [2.24, 2.45) is 0 Å². The Morgan fingerprint density at radius 3 is 1.86 bits per heavy atom. The summed E-state index contributed by atoms with van der Waals surface area (Å²) in [5.74, 6) is 0.240. The van der Waals surface area contributed by atoms with Crippen molar-refractivity contribution in [3.8, 4) is 50.2 Å². The Kier molecular flexibility index (Phi) is 6.15. The van der Waals surface area contributed by atoms with Gasteiger partial charge in [0.05, 0.1) is 11.0 Å². The largest absolute Gasteiger partial charge is 0.309 e. The minimum atomic E-state index is 0.240. The van der Waals surface area contributed by atoms with E-state index in [9.17, 15) is 0 Å². The van der Waals surface area contributed by atoms with Crippen molar-refractivity contribution in [3.63, 3.8) is 0 Å². The van der Waals surface area contributed by atoms with Crippen LogP contribution in [0.1, 0.15) is 33.7 Å². The first-order valence-electron chi connectivity index (χ1n) is 17.9. The van der Waals surface area contributed by atoms with Gasteiger partial charge in [0.15, 0.2) is 0 Å². The molecule has 1 aromatic heterocycles. The van der Waals surface area contributed by atoms with E-state index in [-0.39, 0.29) is 5.92 Å². The molecule has 0 radical (unpaired) electrons. The molecule has 0 bridgehead atoms. The van der Waals surface area contributed by atoms with Crippen molar-refractivity contribution in [1.82, 2.24) is 4.57 Å². The summed E-state index contributed by atoms with van der Waals surface area (Å²) in [4.78, 5) is 0. The molecule has 11 rings (SSSR count). The summed E-state index contributed by atoms with van der Waals surface area (Å²) in [6.45, 7) is 0. The molecule has 0 spiro atoms. The van der Waals surface area contributed by atoms with Gasteiger partial charge in [0.1, 0.15) is 0 Å². The van der Waals surface area contributed by atoms with Gasteiger partial charge in [-0.15, -0.1) is 0 Å². The van der Waals surface area contributed by atoms with E-state index in [1.807, 2.05) is 0 Å². The number of para-hydroxylation sites is 2. The smallest absolute Gasteiger partial charge is 0.0541 e. The molecular formula is C50H33N. The van der Waals surface area contributed by atoms with E-state index < -0.39 is 0 Å². The number of hydrogen-bond donors (Lipinski definition) is 0. The molecule has 0 N–H and O–H groups in total. The van der Waals surface area contributed by atoms with Crippen LogP contribution in [0.25, 0.3) is 72.0 Å². The third-order valence-corrected chi connectivity index (χ3v) is 11.3. The molecule has 2 aliphatic carbocycles. The second-order valence-electron chi connectivity index (χ2n) is 14.0. The summed E-state index contributed by atoms with van der Waals surface area (Å²) in [6.07, 6.45) is 0.989. The number of nitrogens with zero attached hydrogens (tertiary/aromatic N) is 1. The molecule has 0 saturated carbocycles. The highest BCUT2D eigenvalue weighted by atomic mass is 15.0. The molecule has 1 unspecified atom stereocenters. The number of rotatable bonds is 4. The molecule has 1 atom stereocenters. The monoisotopic (exact) mass is 647 g/mol. The Bertz CT molecular complexity index is 2800. The van der Waals surface area contributed by atoms with Crippen LogP contribution in [0.15, 0.2) is 182 Å². The van der Waals surface area contributed by atoms with Crippen LogP contribution in [0.5, 0.6) is 0 Å². The lowest BCUT2D eigenvalue weighted by molar-refractivity contribution is 1.01. The highest BCUT2D eigenvalue weighted by Crippen LogP contribution is 2.54. The standard InChI is InChI=1S/C50H33N/c1-3-11-34(12-4-1)49-42-25-23-35(30-46(42)50-43(49)27-26-40-39-16-8-7-13-37(39)31-45(40)50)32-19-21-33(22-20-32)36-24-28-48-44(29-36)41-17-9-10-18-47(41)51(48)38-14-5-2-6-15-38/h1-30,49H,31H2. The van der Waals surface area contributed by atoms with E-state index in [1.54, 1.807) is 0 Å². The highest BCUT2D eigenvalue weighted by molar-refractivity contribution is 6.10. The summed E-state index contributed by atoms with van der Waals surface area (Å²) in [5.41, 5.74) is 21.3. The van der Waals surface area contributed by atoms with Crippen molar-refractivity contribution in [2.45, 2.75) is 12.3 Å². The molecule has 1 heterocycles. The Morgan fingerprint density at radius 1 is 0.412 bits per heavy atom. The Morgan fingerprint density at radius 2 is 1.04 bits per heavy atom. The molecule has 8 aromatic carbocycles. The number of hydrogen-bond acceptors (Lipinski definition) is 0. The fraction of sp³-hybridized carbons (Fsp3) is 0.0400. The third kappa shape index (κ3) is 4.28. The van der Waals surface area contributed by atoms with E-state index in [0.29, 0.717) is 0 Å². The number of fused-ring (bicyclic) bond motifs is 10. The molecular weight excluding hydrogens is 615 g/mol. The lowest BCUT2D eigenvalue weighted by Crippen LogP contribution is -1.99. The van der Waals surface area contributed by atoms with Crippen molar-refractivity contribution in [2.75, 3.05) is 0 Å². The number of aromatic nitrogens is 1. The molecule has 51 heavy (non-hydrogen) atoms. The van der Waals surface area contributed by atoms with Crippen molar-refractivity contribution in [3.05, 3.63) is 210 Å². The topological polar surface area (TPSA) is 4.93 Å². The first-order valence-corrected chi connectivity index (χ1v) is 17.9. The zero-order chi connectivity index (χ0) is 33.5. The summed E-state index contributed by atoms with van der Waals surface area (Å²) in [5, 5.41) is 2.55. The zero-order valence-corrected chi connectivity index (χ0v) is 28.1. The van der Waals surface area contributed by atoms with Crippen molar-refractivity contribution >= 4 is 21.8 Å². The average Bonchev–Trinajstić information content (AvgIpc) is 3.86. The van der Waals surface area contributed by atoms with Crippen LogP contribution in [0.3, 0.4) is 0 Å². The first-order chi connectivity index (χ1) is 25.3. The van der Waals surface area contributed by atoms with Gasteiger partial charge < -0.3 is 4.57 Å². The highest BCUT2D eigenvalue weighted by Gasteiger charge is 2.35. The second kappa shape index (κ2) is 11.0. The Labute approximate surface area is 297 Å². The van der Waals surface area contributed by atoms with Gasteiger partial charge in [-0.1, -0.05) is 146 Å². The SMILES string of the molecule is c1ccc(C2c3ccc(-c4ccc(-c5ccc6c(c5)c5ccccc5n6-c5ccccc5)cc4)cc3-c3c2ccc2c3Cc3ccccc3-2)cc1. The maximum atomic E-state index is 2.46. The van der Waals surface area contributed by atoms with Gasteiger partial charge in [-0.05, 0) is 115 Å². The van der Waals surface area contributed by atoms with Gasteiger partial charge >= 0.3 is 0 Å². The second-order valence-corrected chi connectivity index (χ2v) is 14.0. The summed E-state index contributed by atoms with van der Waals surface area (Å²) >= 11 is 0. The van der Waals surface area contributed by atoms with Crippen LogP contribution in [0.4, 0.5) is 0 Å². The van der Waals surface area contributed by atoms with E-state index >= 15 is 0 Å². The quantitative estimate of drug-likeness (QED) is 0.179. The normalized spacial score (nSPS) is 14.0. The minimum absolute atomic E-state index is 0.240. The van der Waals surface area contributed by atoms with Gasteiger partial charge in [-0.25, -0.2) is 0 Å². The van der Waals surface area contributed by atoms with Gasteiger partial charge in [0.2, 0.25) is 0 Å². The predicted molar refractivity (Wildman–Crippen MR) is 213 cm³/mol. The van der Waals surface area contributed by atoms with Gasteiger partial charge in [-0.3, -0.25) is 0 Å². The van der Waals surface area contributed by atoms with Crippen LogP contribution >= 0.6 is 0 Å².